The zero-order chi connectivity index (χ0) is 11.1. The van der Waals surface area contributed by atoms with Crippen molar-refractivity contribution in [3.8, 4) is 0 Å². The van der Waals surface area contributed by atoms with E-state index in [1.807, 2.05) is 0 Å². The molecule has 1 heterocycles. The Morgan fingerprint density at radius 1 is 1.53 bits per heavy atom. The van der Waals surface area contributed by atoms with Crippen LogP contribution in [-0.2, 0) is 4.74 Å². The maximum Gasteiger partial charge on any atom is 0.0501 e. The number of hydrogen-bond donors (Lipinski definition) is 2. The van der Waals surface area contributed by atoms with Crippen LogP contribution in [0.25, 0.3) is 0 Å². The molecule has 0 amide bonds. The Labute approximate surface area is 103 Å². The van der Waals surface area contributed by atoms with E-state index in [-0.39, 0.29) is 6.04 Å². The highest BCUT2D eigenvalue weighted by molar-refractivity contribution is 9.10. The van der Waals surface area contributed by atoms with Gasteiger partial charge in [0.25, 0.3) is 0 Å². The molecule has 1 aromatic heterocycles. The minimum atomic E-state index is 0.169. The van der Waals surface area contributed by atoms with Gasteiger partial charge in [0.05, 0.1) is 6.04 Å². The van der Waals surface area contributed by atoms with Crippen LogP contribution < -0.4 is 11.3 Å². The Hall–Kier alpha value is 0.0600. The van der Waals surface area contributed by atoms with Gasteiger partial charge in [0, 0.05) is 23.1 Å². The summed E-state index contributed by atoms with van der Waals surface area (Å²) in [5, 5.41) is 4.17. The largest absolute Gasteiger partial charge is 0.381 e. The van der Waals surface area contributed by atoms with Crippen LogP contribution in [0.15, 0.2) is 15.2 Å². The third kappa shape index (κ3) is 4.20. The number of rotatable bonds is 7. The van der Waals surface area contributed by atoms with E-state index in [0.29, 0.717) is 0 Å². The molecule has 15 heavy (non-hydrogen) atoms. The first-order valence-corrected chi connectivity index (χ1v) is 6.78. The molecule has 0 saturated carbocycles. The zero-order valence-electron chi connectivity index (χ0n) is 8.83. The second-order valence-corrected chi connectivity index (χ2v) is 4.89. The lowest BCUT2D eigenvalue weighted by atomic mass is 10.1. The molecule has 0 radical (unpaired) electrons. The number of nitrogens with two attached hydrogens (primary N) is 1. The molecule has 0 aliphatic heterocycles. The summed E-state index contributed by atoms with van der Waals surface area (Å²) in [6.07, 6.45) is 1.95. The van der Waals surface area contributed by atoms with Crippen LogP contribution in [0, 0.1) is 0 Å². The van der Waals surface area contributed by atoms with Crippen molar-refractivity contribution in [1.29, 1.82) is 0 Å². The number of hydrazine groups is 1. The van der Waals surface area contributed by atoms with E-state index in [2.05, 4.69) is 39.0 Å². The fourth-order valence-electron chi connectivity index (χ4n) is 1.32. The highest BCUT2D eigenvalue weighted by Crippen LogP contribution is 2.28. The second kappa shape index (κ2) is 7.35. The fraction of sp³-hybridized carbons (Fsp3) is 0.600. The van der Waals surface area contributed by atoms with Crippen molar-refractivity contribution in [3.05, 3.63) is 20.8 Å². The monoisotopic (exact) mass is 292 g/mol. The Morgan fingerprint density at radius 2 is 2.33 bits per heavy atom. The van der Waals surface area contributed by atoms with E-state index >= 15 is 0 Å². The van der Waals surface area contributed by atoms with Crippen LogP contribution in [0.5, 0.6) is 0 Å². The number of hydrogen-bond acceptors (Lipinski definition) is 4. The van der Waals surface area contributed by atoms with Crippen LogP contribution in [0.2, 0.25) is 0 Å². The van der Waals surface area contributed by atoms with E-state index < -0.39 is 0 Å². The second-order valence-electron chi connectivity index (χ2n) is 3.30. The molecule has 0 aromatic carbocycles. The highest BCUT2D eigenvalue weighted by Gasteiger charge is 2.13. The van der Waals surface area contributed by atoms with E-state index in [1.165, 1.54) is 5.56 Å². The van der Waals surface area contributed by atoms with E-state index in [4.69, 9.17) is 10.6 Å². The highest BCUT2D eigenvalue weighted by atomic mass is 79.9. The predicted octanol–water partition coefficient (Wildman–Crippen LogP) is 2.83. The number of ether oxygens (including phenoxy) is 1. The fourth-order valence-corrected chi connectivity index (χ4v) is 2.94. The number of nitrogens with one attached hydrogen (secondary N) is 1. The van der Waals surface area contributed by atoms with Gasteiger partial charge in [-0.25, -0.2) is 0 Å². The van der Waals surface area contributed by atoms with Gasteiger partial charge in [0.15, 0.2) is 0 Å². The molecule has 0 aliphatic rings. The lowest BCUT2D eigenvalue weighted by Gasteiger charge is -2.15. The summed E-state index contributed by atoms with van der Waals surface area (Å²) in [5.74, 6) is 5.53. The quantitative estimate of drug-likeness (QED) is 0.462. The van der Waals surface area contributed by atoms with Gasteiger partial charge in [-0.05, 0) is 39.7 Å². The van der Waals surface area contributed by atoms with Crippen LogP contribution in [0.1, 0.15) is 31.4 Å². The topological polar surface area (TPSA) is 47.3 Å². The van der Waals surface area contributed by atoms with Gasteiger partial charge in [-0.3, -0.25) is 11.3 Å². The average Bonchev–Trinajstić information content (AvgIpc) is 2.65. The van der Waals surface area contributed by atoms with Crippen LogP contribution in [0.3, 0.4) is 0 Å². The smallest absolute Gasteiger partial charge is 0.0501 e. The molecule has 1 rings (SSSR count). The van der Waals surface area contributed by atoms with Crippen LogP contribution >= 0.6 is 27.3 Å². The molecule has 5 heteroatoms. The molecular formula is C10H17BrN2OS. The normalized spacial score (nSPS) is 13.0. The van der Waals surface area contributed by atoms with Crippen LogP contribution in [-0.4, -0.2) is 13.2 Å². The summed E-state index contributed by atoms with van der Waals surface area (Å²) in [6, 6.07) is 0.169. The van der Waals surface area contributed by atoms with Crippen molar-refractivity contribution >= 4 is 27.3 Å². The summed E-state index contributed by atoms with van der Waals surface area (Å²) in [7, 11) is 0. The Balaban J connectivity index is 2.39. The predicted molar refractivity (Wildman–Crippen MR) is 67.8 cm³/mol. The molecule has 86 valence electrons. The van der Waals surface area contributed by atoms with Gasteiger partial charge in [0.2, 0.25) is 0 Å². The van der Waals surface area contributed by atoms with Gasteiger partial charge in [-0.15, -0.1) is 0 Å². The molecule has 1 aromatic rings. The summed E-state index contributed by atoms with van der Waals surface area (Å²) in [5.41, 5.74) is 4.03. The minimum Gasteiger partial charge on any atom is -0.381 e. The summed E-state index contributed by atoms with van der Waals surface area (Å²) < 4.78 is 6.56. The average molecular weight is 293 g/mol. The van der Waals surface area contributed by atoms with Crippen molar-refractivity contribution < 1.29 is 4.74 Å². The molecule has 0 bridgehead atoms. The molecule has 3 N–H and O–H groups in total. The molecule has 0 saturated heterocycles. The molecule has 1 atom stereocenters. The van der Waals surface area contributed by atoms with Crippen LogP contribution in [0.4, 0.5) is 0 Å². The molecular weight excluding hydrogens is 276 g/mol. The van der Waals surface area contributed by atoms with Crippen molar-refractivity contribution in [2.45, 2.75) is 25.8 Å². The van der Waals surface area contributed by atoms with Gasteiger partial charge < -0.3 is 4.74 Å². The summed E-state index contributed by atoms with van der Waals surface area (Å²) in [6.45, 7) is 3.67. The third-order valence-corrected chi connectivity index (χ3v) is 3.87. The third-order valence-electron chi connectivity index (χ3n) is 2.12. The number of halogens is 1. The van der Waals surface area contributed by atoms with Crippen molar-refractivity contribution in [3.63, 3.8) is 0 Å². The van der Waals surface area contributed by atoms with Crippen molar-refractivity contribution in [2.24, 2.45) is 5.84 Å². The van der Waals surface area contributed by atoms with Crippen molar-refractivity contribution in [2.75, 3.05) is 13.2 Å². The number of thiophene rings is 1. The molecule has 3 nitrogen and oxygen atoms in total. The summed E-state index contributed by atoms with van der Waals surface area (Å²) in [4.78, 5) is 0. The molecule has 0 spiro atoms. The standard InChI is InChI=1S/C10H17BrN2OS/c1-2-4-14-5-3-10(13-12)8-6-15-7-9(8)11/h6-7,10,13H,2-5,12H2,1H3. The first kappa shape index (κ1) is 13.1. The minimum absolute atomic E-state index is 0.169. The van der Waals surface area contributed by atoms with Gasteiger partial charge in [0.1, 0.15) is 0 Å². The lowest BCUT2D eigenvalue weighted by molar-refractivity contribution is 0.124. The van der Waals surface area contributed by atoms with Gasteiger partial charge in [-0.2, -0.15) is 11.3 Å². The van der Waals surface area contributed by atoms with Gasteiger partial charge in [-0.1, -0.05) is 6.92 Å². The zero-order valence-corrected chi connectivity index (χ0v) is 11.2. The van der Waals surface area contributed by atoms with E-state index in [0.717, 1.165) is 30.5 Å². The van der Waals surface area contributed by atoms with E-state index in [9.17, 15) is 0 Å². The maximum atomic E-state index is 5.53. The summed E-state index contributed by atoms with van der Waals surface area (Å²) >= 11 is 5.17. The first-order valence-electron chi connectivity index (χ1n) is 5.05. The Bertz CT molecular complexity index is 280. The van der Waals surface area contributed by atoms with Crippen molar-refractivity contribution in [1.82, 2.24) is 5.43 Å². The van der Waals surface area contributed by atoms with E-state index in [1.54, 1.807) is 11.3 Å². The molecule has 0 fully saturated rings. The first-order chi connectivity index (χ1) is 7.29. The maximum absolute atomic E-state index is 5.53. The Kier molecular flexibility index (Phi) is 6.43. The SMILES string of the molecule is CCCOCCC(NN)c1cscc1Br. The molecule has 1 unspecified atom stereocenters. The van der Waals surface area contributed by atoms with Gasteiger partial charge >= 0.3 is 0 Å². The Morgan fingerprint density at radius 3 is 2.87 bits per heavy atom. The lowest BCUT2D eigenvalue weighted by Crippen LogP contribution is -2.28. The molecule has 0 aliphatic carbocycles.